The summed E-state index contributed by atoms with van der Waals surface area (Å²) in [7, 11) is 0. The second-order valence-corrected chi connectivity index (χ2v) is 6.37. The summed E-state index contributed by atoms with van der Waals surface area (Å²) in [6.07, 6.45) is 1.96. The number of carbonyl (C=O) groups is 2. The number of hydrogen-bond donors (Lipinski definition) is 2. The fraction of sp³-hybridized carbons (Fsp3) is 0.312. The number of likely N-dealkylation sites (tertiary alicyclic amines) is 1. The molecule has 1 saturated heterocycles. The van der Waals surface area contributed by atoms with Crippen molar-refractivity contribution >= 4 is 38.7 Å². The Morgan fingerprint density at radius 1 is 1.22 bits per heavy atom. The highest BCUT2D eigenvalue weighted by Gasteiger charge is 2.24. The Labute approximate surface area is 141 Å². The topological polar surface area (TPSA) is 82.5 Å². The van der Waals surface area contributed by atoms with Crippen molar-refractivity contribution in [1.82, 2.24) is 15.2 Å². The summed E-state index contributed by atoms with van der Waals surface area (Å²) in [5.41, 5.74) is 0.393. The highest BCUT2D eigenvalue weighted by molar-refractivity contribution is 9.10. The van der Waals surface area contributed by atoms with Crippen molar-refractivity contribution in [3.05, 3.63) is 40.6 Å². The quantitative estimate of drug-likeness (QED) is 0.842. The standard InChI is InChI=1S/C16H16BrN3O3/c17-13-9-18-14(12-4-2-1-3-11(12)13)15(21)19-10-5-7-20(8-6-10)16(22)23/h1-4,9-10H,5-8H2,(H,19,21)(H,22,23). The fourth-order valence-electron chi connectivity index (χ4n) is 2.81. The smallest absolute Gasteiger partial charge is 0.407 e. The maximum atomic E-state index is 12.5. The molecule has 2 heterocycles. The molecule has 2 N–H and O–H groups in total. The Hall–Kier alpha value is -2.15. The van der Waals surface area contributed by atoms with Crippen molar-refractivity contribution in [3.8, 4) is 0 Å². The molecule has 3 rings (SSSR count). The number of amides is 2. The van der Waals surface area contributed by atoms with Gasteiger partial charge in [0.1, 0.15) is 5.69 Å². The molecule has 0 aliphatic carbocycles. The van der Waals surface area contributed by atoms with Gasteiger partial charge >= 0.3 is 6.09 Å². The van der Waals surface area contributed by atoms with Crippen LogP contribution in [0.1, 0.15) is 23.3 Å². The molecule has 7 heteroatoms. The Morgan fingerprint density at radius 3 is 2.52 bits per heavy atom. The van der Waals surface area contributed by atoms with Gasteiger partial charge < -0.3 is 15.3 Å². The zero-order valence-corrected chi connectivity index (χ0v) is 13.9. The van der Waals surface area contributed by atoms with E-state index in [1.54, 1.807) is 6.20 Å². The first-order valence-electron chi connectivity index (χ1n) is 7.38. The summed E-state index contributed by atoms with van der Waals surface area (Å²) in [4.78, 5) is 29.1. The van der Waals surface area contributed by atoms with E-state index in [4.69, 9.17) is 5.11 Å². The van der Waals surface area contributed by atoms with Crippen molar-refractivity contribution in [2.45, 2.75) is 18.9 Å². The van der Waals surface area contributed by atoms with Crippen LogP contribution in [0, 0.1) is 0 Å². The van der Waals surface area contributed by atoms with Crippen LogP contribution in [-0.4, -0.2) is 46.1 Å². The number of halogens is 1. The second-order valence-electron chi connectivity index (χ2n) is 5.52. The average Bonchev–Trinajstić information content (AvgIpc) is 2.56. The van der Waals surface area contributed by atoms with Crippen LogP contribution in [0.3, 0.4) is 0 Å². The molecule has 1 aliphatic rings. The lowest BCUT2D eigenvalue weighted by molar-refractivity contribution is 0.0904. The number of nitrogens with one attached hydrogen (secondary N) is 1. The number of fused-ring (bicyclic) bond motifs is 1. The van der Waals surface area contributed by atoms with Crippen LogP contribution >= 0.6 is 15.9 Å². The van der Waals surface area contributed by atoms with Crippen LogP contribution in [-0.2, 0) is 0 Å². The van der Waals surface area contributed by atoms with Gasteiger partial charge in [0.2, 0.25) is 0 Å². The number of hydrogen-bond acceptors (Lipinski definition) is 3. The van der Waals surface area contributed by atoms with E-state index in [1.165, 1.54) is 4.90 Å². The van der Waals surface area contributed by atoms with Crippen molar-refractivity contribution < 1.29 is 14.7 Å². The van der Waals surface area contributed by atoms with Crippen LogP contribution < -0.4 is 5.32 Å². The average molecular weight is 378 g/mol. The zero-order chi connectivity index (χ0) is 16.4. The van der Waals surface area contributed by atoms with Gasteiger partial charge in [-0.15, -0.1) is 0 Å². The third-order valence-corrected chi connectivity index (χ3v) is 4.69. The van der Waals surface area contributed by atoms with E-state index in [2.05, 4.69) is 26.2 Å². The summed E-state index contributed by atoms with van der Waals surface area (Å²) in [6.45, 7) is 0.879. The minimum absolute atomic E-state index is 0.0256. The highest BCUT2D eigenvalue weighted by Crippen LogP contribution is 2.25. The molecule has 0 unspecified atom stereocenters. The SMILES string of the molecule is O=C(NC1CCN(C(=O)O)CC1)c1ncc(Br)c2ccccc12. The molecule has 6 nitrogen and oxygen atoms in total. The van der Waals surface area contributed by atoms with Gasteiger partial charge in [-0.3, -0.25) is 4.79 Å². The Morgan fingerprint density at radius 2 is 1.87 bits per heavy atom. The van der Waals surface area contributed by atoms with Crippen LogP contribution in [0.25, 0.3) is 10.8 Å². The second kappa shape index (κ2) is 6.54. The predicted molar refractivity (Wildman–Crippen MR) is 89.5 cm³/mol. The Kier molecular flexibility index (Phi) is 4.47. The lowest BCUT2D eigenvalue weighted by Gasteiger charge is -2.30. The van der Waals surface area contributed by atoms with Crippen LogP contribution in [0.5, 0.6) is 0 Å². The first kappa shape index (κ1) is 15.7. The highest BCUT2D eigenvalue weighted by atomic mass is 79.9. The Balaban J connectivity index is 1.75. The molecule has 0 saturated carbocycles. The van der Waals surface area contributed by atoms with Gasteiger partial charge in [0.25, 0.3) is 5.91 Å². The zero-order valence-electron chi connectivity index (χ0n) is 12.3. The van der Waals surface area contributed by atoms with E-state index in [9.17, 15) is 9.59 Å². The molecule has 2 aromatic rings. The summed E-state index contributed by atoms with van der Waals surface area (Å²) in [6, 6.07) is 7.56. The largest absolute Gasteiger partial charge is 0.465 e. The molecule has 23 heavy (non-hydrogen) atoms. The summed E-state index contributed by atoms with van der Waals surface area (Å²) in [5, 5.41) is 13.7. The first-order chi connectivity index (χ1) is 11.1. The maximum Gasteiger partial charge on any atom is 0.407 e. The molecule has 0 atom stereocenters. The predicted octanol–water partition coefficient (Wildman–Crippen LogP) is 2.87. The molecule has 120 valence electrons. The molecule has 1 fully saturated rings. The molecule has 0 radical (unpaired) electrons. The van der Waals surface area contributed by atoms with Crippen LogP contribution in [0.2, 0.25) is 0 Å². The van der Waals surface area contributed by atoms with E-state index in [0.29, 0.717) is 31.6 Å². The maximum absolute atomic E-state index is 12.5. The normalized spacial score (nSPS) is 15.6. The van der Waals surface area contributed by atoms with E-state index >= 15 is 0 Å². The fourth-order valence-corrected chi connectivity index (χ4v) is 3.26. The van der Waals surface area contributed by atoms with Gasteiger partial charge in [0.15, 0.2) is 0 Å². The molecule has 0 spiro atoms. The monoisotopic (exact) mass is 377 g/mol. The van der Waals surface area contributed by atoms with E-state index in [1.807, 2.05) is 24.3 Å². The van der Waals surface area contributed by atoms with Gasteiger partial charge in [-0.25, -0.2) is 9.78 Å². The number of nitrogens with zero attached hydrogens (tertiary/aromatic N) is 2. The van der Waals surface area contributed by atoms with Gasteiger partial charge in [0, 0.05) is 35.2 Å². The first-order valence-corrected chi connectivity index (χ1v) is 8.17. The van der Waals surface area contributed by atoms with Crippen LogP contribution in [0.4, 0.5) is 4.79 Å². The van der Waals surface area contributed by atoms with E-state index in [0.717, 1.165) is 15.2 Å². The van der Waals surface area contributed by atoms with Crippen molar-refractivity contribution in [3.63, 3.8) is 0 Å². The number of carboxylic acid groups (broad SMARTS) is 1. The number of benzene rings is 1. The molecular formula is C16H16BrN3O3. The lowest BCUT2D eigenvalue weighted by atomic mass is 10.0. The minimum atomic E-state index is -0.907. The van der Waals surface area contributed by atoms with Crippen molar-refractivity contribution in [1.29, 1.82) is 0 Å². The van der Waals surface area contributed by atoms with Crippen LogP contribution in [0.15, 0.2) is 34.9 Å². The molecule has 2 amide bonds. The number of piperidine rings is 1. The summed E-state index contributed by atoms with van der Waals surface area (Å²) < 4.78 is 0.847. The van der Waals surface area contributed by atoms with Gasteiger partial charge in [-0.1, -0.05) is 24.3 Å². The molecule has 1 aliphatic heterocycles. The molecule has 0 bridgehead atoms. The summed E-state index contributed by atoms with van der Waals surface area (Å²) in [5.74, 6) is -0.220. The number of pyridine rings is 1. The number of rotatable bonds is 2. The van der Waals surface area contributed by atoms with Crippen molar-refractivity contribution in [2.75, 3.05) is 13.1 Å². The number of aromatic nitrogens is 1. The minimum Gasteiger partial charge on any atom is -0.465 e. The van der Waals surface area contributed by atoms with E-state index in [-0.39, 0.29) is 11.9 Å². The third kappa shape index (κ3) is 3.29. The number of carbonyl (C=O) groups excluding carboxylic acids is 1. The van der Waals surface area contributed by atoms with Gasteiger partial charge in [-0.2, -0.15) is 0 Å². The van der Waals surface area contributed by atoms with Crippen molar-refractivity contribution in [2.24, 2.45) is 0 Å². The molecule has 1 aromatic heterocycles. The molecule has 1 aromatic carbocycles. The summed E-state index contributed by atoms with van der Waals surface area (Å²) >= 11 is 3.44. The lowest BCUT2D eigenvalue weighted by Crippen LogP contribution is -2.46. The van der Waals surface area contributed by atoms with E-state index < -0.39 is 6.09 Å². The molecular weight excluding hydrogens is 362 g/mol. The van der Waals surface area contributed by atoms with Gasteiger partial charge in [-0.05, 0) is 34.2 Å². The van der Waals surface area contributed by atoms with Gasteiger partial charge in [0.05, 0.1) is 0 Å². The Bertz CT molecular complexity index is 757. The third-order valence-electron chi connectivity index (χ3n) is 4.06.